The van der Waals surface area contributed by atoms with E-state index in [2.05, 4.69) is 38.1 Å². The third-order valence-corrected chi connectivity index (χ3v) is 1.47. The molecule has 1 rings (SSSR count). The second kappa shape index (κ2) is 7.31. The van der Waals surface area contributed by atoms with E-state index >= 15 is 0 Å². The second-order valence-electron chi connectivity index (χ2n) is 2.57. The van der Waals surface area contributed by atoms with Gasteiger partial charge in [-0.1, -0.05) is 44.2 Å². The summed E-state index contributed by atoms with van der Waals surface area (Å²) < 4.78 is 0. The summed E-state index contributed by atoms with van der Waals surface area (Å²) in [6, 6.07) is 10.5. The van der Waals surface area contributed by atoms with Crippen LogP contribution in [0.4, 0.5) is 0 Å². The Balaban J connectivity index is 0. The smallest absolute Gasteiger partial charge is 0.577 e. The molecule has 1 aromatic rings. The molecular weight excluding hydrogens is 162 g/mol. The molecule has 0 nitrogen and oxygen atoms in total. The minimum Gasteiger partial charge on any atom is -0.577 e. The van der Waals surface area contributed by atoms with E-state index in [4.69, 9.17) is 0 Å². The molecular formula is C9H14NaP. The van der Waals surface area contributed by atoms with Gasteiger partial charge in [0.15, 0.2) is 0 Å². The largest absolute Gasteiger partial charge is 1.00 e. The van der Waals surface area contributed by atoms with Crippen molar-refractivity contribution < 1.29 is 29.6 Å². The van der Waals surface area contributed by atoms with E-state index in [-0.39, 0.29) is 39.5 Å². The van der Waals surface area contributed by atoms with Crippen molar-refractivity contribution in [2.75, 3.05) is 0 Å². The Labute approximate surface area is 94.7 Å². The monoisotopic (exact) mass is 176 g/mol. The molecule has 0 heterocycles. The number of rotatable bonds is 1. The summed E-state index contributed by atoms with van der Waals surface area (Å²) in [6.07, 6.45) is 0. The summed E-state index contributed by atoms with van der Waals surface area (Å²) in [5.41, 5.74) is 1.41. The van der Waals surface area contributed by atoms with Crippen LogP contribution in [0.1, 0.15) is 25.3 Å². The minimum absolute atomic E-state index is 0. The topological polar surface area (TPSA) is 0 Å². The SMILES string of the molecule is CC(C)c1ccccc1.[Na+].[PH2-]. The van der Waals surface area contributed by atoms with E-state index in [0.29, 0.717) is 5.92 Å². The number of hydrogen-bond donors (Lipinski definition) is 0. The van der Waals surface area contributed by atoms with Gasteiger partial charge in [0.1, 0.15) is 0 Å². The van der Waals surface area contributed by atoms with Crippen LogP contribution in [-0.4, -0.2) is 0 Å². The standard InChI is InChI=1S/C9H12.Na.H2P/c1-8(2)9-6-4-3-5-7-9;;/h3-8H,1-2H3;;1H2/q;+1;-1. The Morgan fingerprint density at radius 1 is 1.00 bits per heavy atom. The molecule has 56 valence electrons. The van der Waals surface area contributed by atoms with Crippen molar-refractivity contribution in [2.24, 2.45) is 0 Å². The molecule has 0 aliphatic heterocycles. The van der Waals surface area contributed by atoms with Crippen molar-refractivity contribution in [3.8, 4) is 0 Å². The van der Waals surface area contributed by atoms with Gasteiger partial charge in [-0.2, -0.15) is 0 Å². The molecule has 0 bridgehead atoms. The number of hydrogen-bond acceptors (Lipinski definition) is 0. The predicted octanol–water partition coefficient (Wildman–Crippen LogP) is 0.140. The van der Waals surface area contributed by atoms with Crippen molar-refractivity contribution in [1.82, 2.24) is 0 Å². The third-order valence-electron chi connectivity index (χ3n) is 1.47. The van der Waals surface area contributed by atoms with Gasteiger partial charge in [0.05, 0.1) is 0 Å². The zero-order chi connectivity index (χ0) is 6.69. The van der Waals surface area contributed by atoms with Gasteiger partial charge in [0.25, 0.3) is 0 Å². The van der Waals surface area contributed by atoms with Crippen LogP contribution in [0.2, 0.25) is 0 Å². The maximum Gasteiger partial charge on any atom is 1.00 e. The first-order valence-electron chi connectivity index (χ1n) is 3.35. The summed E-state index contributed by atoms with van der Waals surface area (Å²) in [6.45, 7) is 4.41. The Hall–Kier alpha value is 0.650. The van der Waals surface area contributed by atoms with Gasteiger partial charge in [0.2, 0.25) is 0 Å². The molecule has 0 aliphatic rings. The average Bonchev–Trinajstić information content (AvgIpc) is 1.90. The van der Waals surface area contributed by atoms with Crippen LogP contribution in [0.25, 0.3) is 0 Å². The minimum atomic E-state index is 0. The van der Waals surface area contributed by atoms with E-state index in [0.717, 1.165) is 0 Å². The number of benzene rings is 1. The fraction of sp³-hybridized carbons (Fsp3) is 0.333. The van der Waals surface area contributed by atoms with Crippen LogP contribution in [-0.2, 0) is 0 Å². The summed E-state index contributed by atoms with van der Waals surface area (Å²) in [7, 11) is 0. The first kappa shape index (κ1) is 14.2. The molecule has 0 spiro atoms. The van der Waals surface area contributed by atoms with Crippen LogP contribution in [0.3, 0.4) is 0 Å². The van der Waals surface area contributed by atoms with E-state index in [1.54, 1.807) is 0 Å². The fourth-order valence-corrected chi connectivity index (χ4v) is 0.838. The van der Waals surface area contributed by atoms with Crippen molar-refractivity contribution >= 4 is 9.90 Å². The molecule has 0 atom stereocenters. The van der Waals surface area contributed by atoms with Gasteiger partial charge in [-0.3, -0.25) is 0 Å². The van der Waals surface area contributed by atoms with Gasteiger partial charge in [-0.15, -0.1) is 0 Å². The summed E-state index contributed by atoms with van der Waals surface area (Å²) in [5.74, 6) is 0.659. The van der Waals surface area contributed by atoms with Gasteiger partial charge >= 0.3 is 29.6 Å². The quantitative estimate of drug-likeness (QED) is 0.422. The second-order valence-corrected chi connectivity index (χ2v) is 2.57. The normalized spacial score (nSPS) is 8.27. The molecule has 0 saturated carbocycles. The average molecular weight is 176 g/mol. The Kier molecular flexibility index (Phi) is 9.43. The molecule has 0 saturated heterocycles. The molecule has 0 aliphatic carbocycles. The molecule has 0 amide bonds. The molecule has 0 fully saturated rings. The summed E-state index contributed by atoms with van der Waals surface area (Å²) >= 11 is 0. The van der Waals surface area contributed by atoms with E-state index < -0.39 is 0 Å². The van der Waals surface area contributed by atoms with Crippen LogP contribution in [0.5, 0.6) is 0 Å². The van der Waals surface area contributed by atoms with Gasteiger partial charge < -0.3 is 9.90 Å². The van der Waals surface area contributed by atoms with Crippen molar-refractivity contribution in [2.45, 2.75) is 19.8 Å². The first-order valence-corrected chi connectivity index (χ1v) is 3.35. The molecule has 11 heavy (non-hydrogen) atoms. The zero-order valence-corrected chi connectivity index (χ0v) is 10.7. The molecule has 0 aromatic heterocycles. The summed E-state index contributed by atoms with van der Waals surface area (Å²) in [4.78, 5) is 0. The van der Waals surface area contributed by atoms with Crippen LogP contribution < -0.4 is 29.6 Å². The van der Waals surface area contributed by atoms with Gasteiger partial charge in [0, 0.05) is 0 Å². The van der Waals surface area contributed by atoms with Crippen LogP contribution in [0.15, 0.2) is 30.3 Å². The maximum absolute atomic E-state index is 2.20. The predicted molar refractivity (Wildman–Crippen MR) is 50.2 cm³/mol. The molecule has 0 unspecified atom stereocenters. The molecule has 2 heteroatoms. The van der Waals surface area contributed by atoms with Crippen molar-refractivity contribution in [1.29, 1.82) is 0 Å². The first-order chi connectivity index (χ1) is 4.30. The summed E-state index contributed by atoms with van der Waals surface area (Å²) in [5, 5.41) is 0. The van der Waals surface area contributed by atoms with E-state index in [1.165, 1.54) is 5.56 Å². The Bertz CT molecular complexity index is 172. The van der Waals surface area contributed by atoms with Gasteiger partial charge in [-0.05, 0) is 11.5 Å². The fourth-order valence-electron chi connectivity index (χ4n) is 0.838. The van der Waals surface area contributed by atoms with Crippen molar-refractivity contribution in [3.63, 3.8) is 0 Å². The van der Waals surface area contributed by atoms with E-state index in [1.807, 2.05) is 6.07 Å². The zero-order valence-electron chi connectivity index (χ0n) is 7.54. The van der Waals surface area contributed by atoms with Crippen molar-refractivity contribution in [3.05, 3.63) is 35.9 Å². The Morgan fingerprint density at radius 3 is 1.73 bits per heavy atom. The third kappa shape index (κ3) is 4.98. The van der Waals surface area contributed by atoms with Gasteiger partial charge in [-0.25, -0.2) is 0 Å². The molecule has 1 aromatic carbocycles. The van der Waals surface area contributed by atoms with E-state index in [9.17, 15) is 0 Å². The van der Waals surface area contributed by atoms with Crippen LogP contribution in [0, 0.1) is 0 Å². The molecule has 0 radical (unpaired) electrons. The maximum atomic E-state index is 2.20. The molecule has 0 N–H and O–H groups in total. The van der Waals surface area contributed by atoms with Crippen LogP contribution >= 0.6 is 9.90 Å². The Morgan fingerprint density at radius 2 is 1.45 bits per heavy atom.